The maximum absolute atomic E-state index is 12.7. The molecule has 8 heteroatoms. The maximum atomic E-state index is 12.7. The summed E-state index contributed by atoms with van der Waals surface area (Å²) in [6.45, 7) is 3.08. The van der Waals surface area contributed by atoms with E-state index in [1.54, 1.807) is 6.07 Å². The fraction of sp³-hybridized carbons (Fsp3) is 0.600. The highest BCUT2D eigenvalue weighted by Crippen LogP contribution is 2.37. The van der Waals surface area contributed by atoms with Crippen LogP contribution in [0, 0.1) is 0 Å². The van der Waals surface area contributed by atoms with E-state index < -0.39 is 6.36 Å². The van der Waals surface area contributed by atoms with E-state index in [0.717, 1.165) is 26.2 Å². The van der Waals surface area contributed by atoms with Crippen LogP contribution in [0.2, 0.25) is 0 Å². The van der Waals surface area contributed by atoms with Crippen LogP contribution in [0.4, 0.5) is 13.2 Å². The van der Waals surface area contributed by atoms with E-state index in [2.05, 4.69) is 30.9 Å². The molecule has 0 amide bonds. The van der Waals surface area contributed by atoms with Gasteiger partial charge in [0.25, 0.3) is 0 Å². The molecule has 23 heavy (non-hydrogen) atoms. The number of nitrogens with one attached hydrogen (secondary N) is 1. The Balaban J connectivity index is 2.33. The average molecular weight is 397 g/mol. The molecule has 1 aliphatic heterocycles. The van der Waals surface area contributed by atoms with Gasteiger partial charge in [0.15, 0.2) is 0 Å². The van der Waals surface area contributed by atoms with Crippen molar-refractivity contribution in [3.63, 3.8) is 0 Å². The molecule has 1 saturated heterocycles. The minimum absolute atomic E-state index is 0.00601. The summed E-state index contributed by atoms with van der Waals surface area (Å²) in [7, 11) is 0. The van der Waals surface area contributed by atoms with Crippen LogP contribution in [0.5, 0.6) is 5.75 Å². The van der Waals surface area contributed by atoms with Crippen LogP contribution in [0.3, 0.4) is 0 Å². The van der Waals surface area contributed by atoms with Gasteiger partial charge in [-0.15, -0.1) is 13.2 Å². The second-order valence-electron chi connectivity index (χ2n) is 5.40. The quantitative estimate of drug-likeness (QED) is 0.775. The number of alkyl halides is 3. The fourth-order valence-corrected chi connectivity index (χ4v) is 3.19. The number of halogens is 4. The number of hydrogen-bond donors (Lipinski definition) is 2. The third-order valence-electron chi connectivity index (χ3n) is 3.78. The molecule has 1 atom stereocenters. The molecule has 4 nitrogen and oxygen atoms in total. The van der Waals surface area contributed by atoms with E-state index >= 15 is 0 Å². The van der Waals surface area contributed by atoms with Crippen molar-refractivity contribution in [1.29, 1.82) is 0 Å². The third kappa shape index (κ3) is 5.63. The molecular formula is C15H20BrF3N2O2. The molecule has 0 unspecified atom stereocenters. The van der Waals surface area contributed by atoms with E-state index in [4.69, 9.17) is 5.11 Å². The molecule has 1 heterocycles. The van der Waals surface area contributed by atoms with Gasteiger partial charge < -0.3 is 15.2 Å². The Morgan fingerprint density at radius 3 is 2.61 bits per heavy atom. The molecule has 0 saturated carbocycles. The molecule has 0 bridgehead atoms. The molecular weight excluding hydrogens is 377 g/mol. The van der Waals surface area contributed by atoms with Crippen molar-refractivity contribution in [3.8, 4) is 5.75 Å². The Kier molecular flexibility index (Phi) is 6.70. The predicted molar refractivity (Wildman–Crippen MR) is 84.3 cm³/mol. The standard InChI is InChI=1S/C15H20BrF3N2O2/c16-11-3-4-14(23-15(17,18)19)12(10-11)13(2-1-9-22)21-7-5-20-6-8-21/h3-4,10,13,20,22H,1-2,5-9H2/t13-/m0/s1. The summed E-state index contributed by atoms with van der Waals surface area (Å²) in [6, 6.07) is 4.32. The summed E-state index contributed by atoms with van der Waals surface area (Å²) in [6.07, 6.45) is -3.64. The third-order valence-corrected chi connectivity index (χ3v) is 4.28. The number of ether oxygens (including phenoxy) is 1. The first kappa shape index (κ1) is 18.5. The molecule has 0 aromatic heterocycles. The summed E-state index contributed by atoms with van der Waals surface area (Å²) >= 11 is 3.32. The summed E-state index contributed by atoms with van der Waals surface area (Å²) in [5.74, 6) is -0.179. The number of hydrogen-bond acceptors (Lipinski definition) is 4. The molecule has 0 aliphatic carbocycles. The first-order valence-electron chi connectivity index (χ1n) is 7.51. The Hall–Kier alpha value is -0.830. The molecule has 1 aromatic carbocycles. The van der Waals surface area contributed by atoms with Gasteiger partial charge in [0.1, 0.15) is 5.75 Å². The van der Waals surface area contributed by atoms with Gasteiger partial charge in [-0.1, -0.05) is 15.9 Å². The van der Waals surface area contributed by atoms with Gasteiger partial charge >= 0.3 is 6.36 Å². The second kappa shape index (κ2) is 8.32. The maximum Gasteiger partial charge on any atom is 0.573 e. The van der Waals surface area contributed by atoms with Crippen LogP contribution in [-0.4, -0.2) is 49.2 Å². The summed E-state index contributed by atoms with van der Waals surface area (Å²) in [5.41, 5.74) is 0.493. The largest absolute Gasteiger partial charge is 0.573 e. The van der Waals surface area contributed by atoms with Crippen molar-refractivity contribution in [2.24, 2.45) is 0 Å². The van der Waals surface area contributed by atoms with Crippen molar-refractivity contribution in [1.82, 2.24) is 10.2 Å². The highest BCUT2D eigenvalue weighted by molar-refractivity contribution is 9.10. The van der Waals surface area contributed by atoms with Crippen molar-refractivity contribution < 1.29 is 23.0 Å². The van der Waals surface area contributed by atoms with Crippen molar-refractivity contribution >= 4 is 15.9 Å². The van der Waals surface area contributed by atoms with Crippen molar-refractivity contribution in [3.05, 3.63) is 28.2 Å². The van der Waals surface area contributed by atoms with Gasteiger partial charge in [-0.05, 0) is 31.0 Å². The van der Waals surface area contributed by atoms with Crippen LogP contribution in [-0.2, 0) is 0 Å². The van der Waals surface area contributed by atoms with Crippen molar-refractivity contribution in [2.45, 2.75) is 25.2 Å². The normalized spacial score (nSPS) is 18.0. The first-order chi connectivity index (χ1) is 10.9. The first-order valence-corrected chi connectivity index (χ1v) is 8.31. The topological polar surface area (TPSA) is 44.7 Å². The lowest BCUT2D eigenvalue weighted by molar-refractivity contribution is -0.275. The minimum atomic E-state index is -4.73. The molecule has 1 aromatic rings. The van der Waals surface area contributed by atoms with Crippen LogP contribution in [0.25, 0.3) is 0 Å². The Labute approximate surface area is 141 Å². The van der Waals surface area contributed by atoms with Gasteiger partial charge in [-0.3, -0.25) is 4.90 Å². The molecule has 2 N–H and O–H groups in total. The van der Waals surface area contributed by atoms with Crippen LogP contribution in [0.15, 0.2) is 22.7 Å². The van der Waals surface area contributed by atoms with E-state index in [0.29, 0.717) is 22.9 Å². The SMILES string of the molecule is OCCC[C@@H](c1cc(Br)ccc1OC(F)(F)F)N1CCNCC1. The highest BCUT2D eigenvalue weighted by Gasteiger charge is 2.34. The Morgan fingerprint density at radius 2 is 2.00 bits per heavy atom. The van der Waals surface area contributed by atoms with E-state index in [1.165, 1.54) is 12.1 Å². The fourth-order valence-electron chi connectivity index (χ4n) is 2.81. The number of nitrogens with zero attached hydrogens (tertiary/aromatic N) is 1. The molecule has 1 aliphatic rings. The second-order valence-corrected chi connectivity index (χ2v) is 6.31. The lowest BCUT2D eigenvalue weighted by Gasteiger charge is -2.36. The number of aliphatic hydroxyl groups excluding tert-OH is 1. The lowest BCUT2D eigenvalue weighted by Crippen LogP contribution is -2.45. The number of aliphatic hydroxyl groups is 1. The molecule has 2 rings (SSSR count). The number of piperazine rings is 1. The van der Waals surface area contributed by atoms with Crippen molar-refractivity contribution in [2.75, 3.05) is 32.8 Å². The summed E-state index contributed by atoms with van der Waals surface area (Å²) in [4.78, 5) is 2.14. The smallest absolute Gasteiger partial charge is 0.405 e. The monoisotopic (exact) mass is 396 g/mol. The van der Waals surface area contributed by atoms with Gasteiger partial charge in [-0.25, -0.2) is 0 Å². The van der Waals surface area contributed by atoms with Gasteiger partial charge in [0.2, 0.25) is 0 Å². The van der Waals surface area contributed by atoms with Crippen LogP contribution in [0.1, 0.15) is 24.4 Å². The molecule has 0 spiro atoms. The molecule has 0 radical (unpaired) electrons. The zero-order valence-corrected chi connectivity index (χ0v) is 14.2. The van der Waals surface area contributed by atoms with Crippen LogP contribution >= 0.6 is 15.9 Å². The summed E-state index contributed by atoms with van der Waals surface area (Å²) in [5, 5.41) is 12.3. The van der Waals surface area contributed by atoms with Gasteiger partial charge in [-0.2, -0.15) is 0 Å². The Morgan fingerprint density at radius 1 is 1.30 bits per heavy atom. The number of rotatable bonds is 6. The van der Waals surface area contributed by atoms with Gasteiger partial charge in [0.05, 0.1) is 0 Å². The lowest BCUT2D eigenvalue weighted by atomic mass is 9.98. The average Bonchev–Trinajstić information content (AvgIpc) is 2.50. The Bertz CT molecular complexity index is 508. The van der Waals surface area contributed by atoms with Crippen LogP contribution < -0.4 is 10.1 Å². The highest BCUT2D eigenvalue weighted by atomic mass is 79.9. The van der Waals surface area contributed by atoms with E-state index in [9.17, 15) is 13.2 Å². The van der Waals surface area contributed by atoms with E-state index in [-0.39, 0.29) is 18.4 Å². The summed E-state index contributed by atoms with van der Waals surface area (Å²) < 4.78 is 43.0. The van der Waals surface area contributed by atoms with E-state index in [1.807, 2.05) is 0 Å². The molecule has 130 valence electrons. The van der Waals surface area contributed by atoms with Gasteiger partial charge in [0, 0.05) is 48.9 Å². The zero-order valence-electron chi connectivity index (χ0n) is 12.6. The predicted octanol–water partition coefficient (Wildman–Crippen LogP) is 3.07. The zero-order chi connectivity index (χ0) is 16.9. The molecule has 1 fully saturated rings. The minimum Gasteiger partial charge on any atom is -0.405 e. The number of benzene rings is 1.